The molecule has 0 bridgehead atoms. The molecular formula is C29H37N5O4. The Kier molecular flexibility index (Phi) is 8.02. The lowest BCUT2D eigenvalue weighted by atomic mass is 9.58. The van der Waals surface area contributed by atoms with E-state index >= 15 is 0 Å². The van der Waals surface area contributed by atoms with Crippen molar-refractivity contribution < 1.29 is 18.7 Å². The normalized spacial score (nSPS) is 17.1. The Morgan fingerprint density at radius 2 is 2.00 bits per heavy atom. The van der Waals surface area contributed by atoms with Gasteiger partial charge in [0.2, 0.25) is 17.7 Å². The van der Waals surface area contributed by atoms with Crippen molar-refractivity contribution in [2.45, 2.75) is 70.8 Å². The summed E-state index contributed by atoms with van der Waals surface area (Å²) in [4.78, 5) is 29.2. The van der Waals surface area contributed by atoms with Crippen molar-refractivity contribution in [3.8, 4) is 17.3 Å². The Bertz CT molecular complexity index is 1280. The number of amides is 1. The maximum absolute atomic E-state index is 13.0. The quantitative estimate of drug-likeness (QED) is 0.310. The predicted octanol–water partition coefficient (Wildman–Crippen LogP) is 4.77. The average molecular weight is 520 g/mol. The van der Waals surface area contributed by atoms with Crippen LogP contribution in [0.15, 0.2) is 34.7 Å². The summed E-state index contributed by atoms with van der Waals surface area (Å²) in [5.41, 5.74) is 1.87. The van der Waals surface area contributed by atoms with E-state index < -0.39 is 0 Å². The van der Waals surface area contributed by atoms with Crippen LogP contribution in [-0.4, -0.2) is 47.1 Å². The summed E-state index contributed by atoms with van der Waals surface area (Å²) in [5, 5.41) is 16.1. The Hall–Kier alpha value is -3.33. The monoisotopic (exact) mass is 519 g/mol. The first kappa shape index (κ1) is 26.3. The number of methoxy groups -OCH3 is 1. The molecule has 1 atom stereocenters. The summed E-state index contributed by atoms with van der Waals surface area (Å²) in [5.74, 6) is 1.83. The number of ether oxygens (including phenoxy) is 1. The lowest BCUT2D eigenvalue weighted by Crippen LogP contribution is -2.60. The van der Waals surface area contributed by atoms with Gasteiger partial charge in [-0.3, -0.25) is 9.59 Å². The number of ketones is 1. The fourth-order valence-corrected chi connectivity index (χ4v) is 5.76. The second-order valence-electron chi connectivity index (χ2n) is 10.9. The van der Waals surface area contributed by atoms with Crippen molar-refractivity contribution >= 4 is 22.6 Å². The number of hydrogen-bond donors (Lipinski definition) is 2. The highest BCUT2D eigenvalue weighted by Crippen LogP contribution is 2.49. The molecule has 2 aliphatic rings. The van der Waals surface area contributed by atoms with Gasteiger partial charge in [-0.2, -0.15) is 0 Å². The van der Waals surface area contributed by atoms with Crippen LogP contribution >= 0.6 is 0 Å². The third kappa shape index (κ3) is 5.88. The number of pyridine rings is 1. The number of rotatable bonds is 13. The summed E-state index contributed by atoms with van der Waals surface area (Å²) in [6.45, 7) is 4.05. The summed E-state index contributed by atoms with van der Waals surface area (Å²) < 4.78 is 11.6. The molecule has 1 saturated heterocycles. The minimum Gasteiger partial charge on any atom is -0.480 e. The maximum atomic E-state index is 13.0. The standard InChI is InChI=1S/C29H37N5O4/c1-3-21(35)10-5-4-6-12-24(31-25(36)13-19-15-29(16-19)17-30-18-29)28-34-33-27(38-28)22-14-20-9-7-8-11-23(20)32-26(22)37-2/h7-9,11,14,19,24,30H,3-6,10,12-13,15-18H2,1-2H3,(H,31,36)/t24-/m0/s1. The third-order valence-corrected chi connectivity index (χ3v) is 7.95. The second-order valence-corrected chi connectivity index (χ2v) is 10.9. The number of Topliss-reactive ketones (excluding diaryl/α,β-unsaturated/α-hetero) is 1. The van der Waals surface area contributed by atoms with E-state index in [1.807, 2.05) is 37.3 Å². The number of para-hydroxylation sites is 1. The maximum Gasteiger partial charge on any atom is 0.253 e. The van der Waals surface area contributed by atoms with Crippen molar-refractivity contribution in [2.24, 2.45) is 11.3 Å². The molecule has 2 N–H and O–H groups in total. The summed E-state index contributed by atoms with van der Waals surface area (Å²) in [7, 11) is 1.56. The van der Waals surface area contributed by atoms with Gasteiger partial charge in [-0.25, -0.2) is 4.98 Å². The van der Waals surface area contributed by atoms with Crippen LogP contribution in [0.2, 0.25) is 0 Å². The van der Waals surface area contributed by atoms with E-state index in [4.69, 9.17) is 9.15 Å². The lowest BCUT2D eigenvalue weighted by molar-refractivity contribution is -0.125. The van der Waals surface area contributed by atoms with Crippen LogP contribution in [0.4, 0.5) is 0 Å². The Morgan fingerprint density at radius 1 is 1.18 bits per heavy atom. The van der Waals surface area contributed by atoms with Crippen LogP contribution < -0.4 is 15.4 Å². The number of carbonyl (C=O) groups is 2. The first-order chi connectivity index (χ1) is 18.5. The summed E-state index contributed by atoms with van der Waals surface area (Å²) >= 11 is 0. The van der Waals surface area contributed by atoms with Gasteiger partial charge in [0, 0.05) is 37.7 Å². The van der Waals surface area contributed by atoms with Gasteiger partial charge in [0.05, 0.1) is 12.6 Å². The van der Waals surface area contributed by atoms with E-state index in [0.717, 1.165) is 56.1 Å². The smallest absolute Gasteiger partial charge is 0.253 e. The van der Waals surface area contributed by atoms with Crippen molar-refractivity contribution in [3.63, 3.8) is 0 Å². The van der Waals surface area contributed by atoms with Gasteiger partial charge >= 0.3 is 0 Å². The molecule has 2 aromatic heterocycles. The SMILES string of the molecule is CCC(=O)CCCCC[C@H](NC(=O)CC1CC2(CNC2)C1)c1nnc(-c2cc3ccccc3nc2OC)o1. The molecule has 3 heterocycles. The fourth-order valence-electron chi connectivity index (χ4n) is 5.76. The zero-order chi connectivity index (χ0) is 26.5. The molecule has 1 aromatic carbocycles. The zero-order valence-electron chi connectivity index (χ0n) is 22.3. The van der Waals surface area contributed by atoms with E-state index in [1.165, 1.54) is 0 Å². The fraction of sp³-hybridized carbons (Fsp3) is 0.552. The molecule has 1 spiro atoms. The highest BCUT2D eigenvalue weighted by molar-refractivity contribution is 5.84. The van der Waals surface area contributed by atoms with Gasteiger partial charge < -0.3 is 19.8 Å². The van der Waals surface area contributed by atoms with Crippen LogP contribution in [0.1, 0.15) is 76.6 Å². The van der Waals surface area contributed by atoms with Crippen molar-refractivity contribution in [1.82, 2.24) is 25.8 Å². The predicted molar refractivity (Wildman–Crippen MR) is 143 cm³/mol. The number of aromatic nitrogens is 3. The molecule has 5 rings (SSSR count). The largest absolute Gasteiger partial charge is 0.480 e. The Balaban J connectivity index is 1.28. The van der Waals surface area contributed by atoms with Gasteiger partial charge in [0.15, 0.2) is 0 Å². The van der Waals surface area contributed by atoms with Gasteiger partial charge in [-0.1, -0.05) is 38.0 Å². The number of nitrogens with zero attached hydrogens (tertiary/aromatic N) is 3. The van der Waals surface area contributed by atoms with Crippen LogP contribution in [0.3, 0.4) is 0 Å². The molecule has 1 aliphatic heterocycles. The van der Waals surface area contributed by atoms with Crippen LogP contribution in [0.25, 0.3) is 22.4 Å². The first-order valence-corrected chi connectivity index (χ1v) is 13.8. The topological polar surface area (TPSA) is 119 Å². The number of hydrogen-bond acceptors (Lipinski definition) is 8. The van der Waals surface area contributed by atoms with Crippen LogP contribution in [0.5, 0.6) is 5.88 Å². The second kappa shape index (κ2) is 11.6. The molecule has 1 amide bonds. The molecule has 202 valence electrons. The number of fused-ring (bicyclic) bond motifs is 1. The molecule has 38 heavy (non-hydrogen) atoms. The van der Waals surface area contributed by atoms with E-state index in [-0.39, 0.29) is 17.7 Å². The molecule has 9 heteroatoms. The number of unbranched alkanes of at least 4 members (excludes halogenated alkanes) is 2. The summed E-state index contributed by atoms with van der Waals surface area (Å²) in [6.07, 6.45) is 7.19. The first-order valence-electron chi connectivity index (χ1n) is 13.8. The molecule has 9 nitrogen and oxygen atoms in total. The number of benzene rings is 1. The van der Waals surface area contributed by atoms with Gasteiger partial charge in [-0.05, 0) is 49.1 Å². The van der Waals surface area contributed by atoms with Crippen LogP contribution in [0, 0.1) is 11.3 Å². The molecule has 1 aliphatic carbocycles. The van der Waals surface area contributed by atoms with Crippen molar-refractivity contribution in [1.29, 1.82) is 0 Å². The van der Waals surface area contributed by atoms with E-state index in [2.05, 4.69) is 25.8 Å². The van der Waals surface area contributed by atoms with E-state index in [0.29, 0.717) is 60.2 Å². The molecule has 0 unspecified atom stereocenters. The molecule has 0 radical (unpaired) electrons. The Labute approximate surface area is 223 Å². The highest BCUT2D eigenvalue weighted by Gasteiger charge is 2.48. The number of nitrogens with one attached hydrogen (secondary N) is 2. The molecular weight excluding hydrogens is 482 g/mol. The Morgan fingerprint density at radius 3 is 2.74 bits per heavy atom. The zero-order valence-corrected chi connectivity index (χ0v) is 22.3. The van der Waals surface area contributed by atoms with E-state index in [9.17, 15) is 9.59 Å². The lowest BCUT2D eigenvalue weighted by Gasteiger charge is -2.54. The minimum atomic E-state index is -0.385. The van der Waals surface area contributed by atoms with Crippen molar-refractivity contribution in [2.75, 3.05) is 20.2 Å². The van der Waals surface area contributed by atoms with Gasteiger partial charge in [-0.15, -0.1) is 10.2 Å². The minimum absolute atomic E-state index is 0.0213. The van der Waals surface area contributed by atoms with Gasteiger partial charge in [0.1, 0.15) is 17.4 Å². The van der Waals surface area contributed by atoms with Gasteiger partial charge in [0.25, 0.3) is 5.89 Å². The molecule has 3 aromatic rings. The number of carbonyl (C=O) groups excluding carboxylic acids is 2. The van der Waals surface area contributed by atoms with Crippen LogP contribution in [-0.2, 0) is 9.59 Å². The third-order valence-electron chi connectivity index (χ3n) is 7.95. The van der Waals surface area contributed by atoms with Crippen molar-refractivity contribution in [3.05, 3.63) is 36.2 Å². The average Bonchev–Trinajstić information content (AvgIpc) is 3.37. The molecule has 2 fully saturated rings. The highest BCUT2D eigenvalue weighted by atomic mass is 16.5. The summed E-state index contributed by atoms with van der Waals surface area (Å²) in [6, 6.07) is 9.31. The van der Waals surface area contributed by atoms with E-state index in [1.54, 1.807) is 7.11 Å². The molecule has 1 saturated carbocycles.